The van der Waals surface area contributed by atoms with Gasteiger partial charge in [-0.25, -0.2) is 9.36 Å². The summed E-state index contributed by atoms with van der Waals surface area (Å²) >= 11 is 0. The van der Waals surface area contributed by atoms with Gasteiger partial charge in [-0.2, -0.15) is 0 Å². The number of esters is 2. The van der Waals surface area contributed by atoms with Crippen LogP contribution < -0.4 is 0 Å². The molecule has 20 unspecified atom stereocenters. The van der Waals surface area contributed by atoms with Crippen molar-refractivity contribution in [3.8, 4) is 0 Å². The molecule has 0 bridgehead atoms. The Morgan fingerprint density at radius 3 is 1.31 bits per heavy atom. The van der Waals surface area contributed by atoms with Gasteiger partial charge in [-0.05, 0) is 207 Å². The van der Waals surface area contributed by atoms with Crippen molar-refractivity contribution >= 4 is 23.8 Å². The number of aromatic nitrogens is 6. The summed E-state index contributed by atoms with van der Waals surface area (Å²) in [5.74, 6) is 1.15. The van der Waals surface area contributed by atoms with Crippen molar-refractivity contribution in [1.29, 1.82) is 0 Å². The molecule has 26 atom stereocenters. The third-order valence-corrected chi connectivity index (χ3v) is 28.3. The van der Waals surface area contributed by atoms with Crippen molar-refractivity contribution in [3.63, 3.8) is 0 Å². The Bertz CT molecular complexity index is 3190. The fraction of sp³-hybridized carbons (Fsp3) is 0.730. The minimum atomic E-state index is -0.728. The van der Waals surface area contributed by atoms with Crippen molar-refractivity contribution in [2.45, 2.75) is 231 Å². The lowest BCUT2D eigenvalue weighted by atomic mass is 9.43. The van der Waals surface area contributed by atoms with Crippen LogP contribution in [0.2, 0.25) is 0 Å². The number of likely N-dealkylation sites (tertiary alicyclic amines) is 2. The first kappa shape index (κ1) is 65.6. The zero-order valence-corrected chi connectivity index (χ0v) is 55.9. The molecule has 2 aromatic carbocycles. The van der Waals surface area contributed by atoms with Gasteiger partial charge in [-0.15, -0.1) is 10.2 Å². The number of aliphatic hydroxyl groups excluding tert-OH is 6. The number of amides is 2. The van der Waals surface area contributed by atoms with E-state index in [2.05, 4.69) is 62.2 Å². The van der Waals surface area contributed by atoms with Gasteiger partial charge in [0.25, 0.3) is 11.8 Å². The molecule has 2 amide bonds. The first-order valence-electron chi connectivity index (χ1n) is 35.9. The van der Waals surface area contributed by atoms with Gasteiger partial charge in [0.15, 0.2) is 12.1 Å². The van der Waals surface area contributed by atoms with Crippen LogP contribution in [0, 0.1) is 92.7 Å². The van der Waals surface area contributed by atoms with Crippen LogP contribution >= 0.6 is 0 Å². The maximum atomic E-state index is 14.4. The molecule has 10 aliphatic rings. The van der Waals surface area contributed by atoms with Crippen molar-refractivity contribution < 1.29 is 59.3 Å². The summed E-state index contributed by atoms with van der Waals surface area (Å²) in [5, 5.41) is 86.2. The molecule has 0 spiro atoms. The number of rotatable bonds is 19. The van der Waals surface area contributed by atoms with Crippen LogP contribution in [-0.4, -0.2) is 144 Å². The summed E-state index contributed by atoms with van der Waals surface area (Å²) in [6.45, 7) is 13.8. The summed E-state index contributed by atoms with van der Waals surface area (Å²) in [7, 11) is 0. The molecule has 4 heterocycles. The zero-order valence-electron chi connectivity index (χ0n) is 55.9. The summed E-state index contributed by atoms with van der Waals surface area (Å²) in [6, 6.07) is 17.1. The third-order valence-electron chi connectivity index (χ3n) is 28.3. The van der Waals surface area contributed by atoms with Crippen LogP contribution in [0.25, 0.3) is 0 Å². The van der Waals surface area contributed by atoms with Crippen LogP contribution in [0.4, 0.5) is 0 Å². The fourth-order valence-electron chi connectivity index (χ4n) is 23.2. The Hall–Kier alpha value is -5.64. The molecule has 2 saturated heterocycles. The highest BCUT2D eigenvalue weighted by atomic mass is 16.5. The van der Waals surface area contributed by atoms with E-state index < -0.39 is 48.6 Å². The van der Waals surface area contributed by atoms with E-state index in [-0.39, 0.29) is 168 Å². The van der Waals surface area contributed by atoms with E-state index >= 15 is 0 Å². The lowest BCUT2D eigenvalue weighted by molar-refractivity contribution is -0.207. The summed E-state index contributed by atoms with van der Waals surface area (Å²) < 4.78 is 14.7. The Morgan fingerprint density at radius 1 is 0.521 bits per heavy atom. The largest absolute Gasteiger partial charge is 0.459 e. The molecule has 8 aliphatic carbocycles. The van der Waals surface area contributed by atoms with Crippen molar-refractivity contribution in [1.82, 2.24) is 39.8 Å². The monoisotopic (exact) mass is 1290 g/mol. The van der Waals surface area contributed by atoms with Crippen molar-refractivity contribution in [2.24, 2.45) is 92.7 Å². The molecule has 4 aromatic rings. The van der Waals surface area contributed by atoms with Crippen molar-refractivity contribution in [3.05, 3.63) is 95.6 Å². The highest BCUT2D eigenvalue weighted by molar-refractivity contribution is 5.89. The second-order valence-corrected chi connectivity index (χ2v) is 32.4. The summed E-state index contributed by atoms with van der Waals surface area (Å²) in [5.41, 5.74) is 1.86. The maximum absolute atomic E-state index is 14.4. The highest BCUT2D eigenvalue weighted by Crippen LogP contribution is 2.70. The molecule has 2 aromatic heterocycles. The molecule has 2 aliphatic heterocycles. The van der Waals surface area contributed by atoms with Crippen LogP contribution in [0.1, 0.15) is 204 Å². The summed E-state index contributed by atoms with van der Waals surface area (Å²) in [4.78, 5) is 59.2. The van der Waals surface area contributed by atoms with Gasteiger partial charge in [0.05, 0.1) is 61.1 Å². The van der Waals surface area contributed by atoms with E-state index in [1.807, 2.05) is 60.7 Å². The molecule has 20 heteroatoms. The van der Waals surface area contributed by atoms with Gasteiger partial charge >= 0.3 is 11.9 Å². The molecule has 20 nitrogen and oxygen atoms in total. The average molecular weight is 1300 g/mol. The summed E-state index contributed by atoms with van der Waals surface area (Å²) in [6.07, 6.45) is 13.8. The molecule has 8 saturated carbocycles. The predicted octanol–water partition coefficient (Wildman–Crippen LogP) is 8.66. The quantitative estimate of drug-likeness (QED) is 0.0378. The Balaban J connectivity index is 0.563. The highest BCUT2D eigenvalue weighted by Gasteiger charge is 2.68. The molecule has 510 valence electrons. The smallest absolute Gasteiger partial charge is 0.306 e. The number of carbonyl (C=O) groups excluding carboxylic acids is 4. The number of β-lactam (4-membered cyclic amide) rings is 2. The Kier molecular flexibility index (Phi) is 17.7. The SMILES string of the molecule is C[C@H](CCC(=O)OCc1cn([C@@H]2C(=O)N(CCN3C(=O)[C@@H](n4cc(COC(=O)CC[C@@H](C)C5CCC6C7C(O)CC8CC(O)CCC8(C)C7CC(O)C65C)nn4)[C@H]3c3ccccc3)[C@@H]2c2ccccc2)nn1)C1CCC2C3C(O)CC4CC(O)CCC4(C)C3CC(O)C21C. The molecule has 14 rings (SSSR count). The number of ether oxygens (including phenoxy) is 2. The first-order valence-corrected chi connectivity index (χ1v) is 35.9. The van der Waals surface area contributed by atoms with Crippen molar-refractivity contribution in [2.75, 3.05) is 13.1 Å². The Labute approximate surface area is 552 Å². The Morgan fingerprint density at radius 2 is 0.915 bits per heavy atom. The number of carbonyl (C=O) groups is 4. The number of hydrogen-bond donors (Lipinski definition) is 6. The average Bonchev–Trinajstić information content (AvgIpc) is 1.39. The maximum Gasteiger partial charge on any atom is 0.306 e. The molecule has 10 fully saturated rings. The van der Waals surface area contributed by atoms with Gasteiger partial charge < -0.3 is 49.9 Å². The molecular formula is C74H102N8O12. The van der Waals surface area contributed by atoms with Crippen LogP contribution in [-0.2, 0) is 41.9 Å². The van der Waals surface area contributed by atoms with Crippen LogP contribution in [0.15, 0.2) is 73.1 Å². The van der Waals surface area contributed by atoms with E-state index in [9.17, 15) is 49.8 Å². The minimum absolute atomic E-state index is 0.000855. The van der Waals surface area contributed by atoms with Crippen LogP contribution in [0.3, 0.4) is 0 Å². The van der Waals surface area contributed by atoms with Crippen LogP contribution in [0.5, 0.6) is 0 Å². The second-order valence-electron chi connectivity index (χ2n) is 32.4. The van der Waals surface area contributed by atoms with E-state index in [0.717, 1.165) is 75.3 Å². The van der Waals surface area contributed by atoms with E-state index in [4.69, 9.17) is 9.47 Å². The number of nitrogens with zero attached hydrogens (tertiary/aromatic N) is 8. The van der Waals surface area contributed by atoms with E-state index in [1.54, 1.807) is 31.6 Å². The fourth-order valence-corrected chi connectivity index (χ4v) is 23.2. The molecule has 6 N–H and O–H groups in total. The molecule has 0 radical (unpaired) electrons. The van der Waals surface area contributed by atoms with Gasteiger partial charge in [0.1, 0.15) is 24.6 Å². The van der Waals surface area contributed by atoms with Gasteiger partial charge in [-0.1, -0.05) is 113 Å². The molecular weight excluding hydrogens is 1190 g/mol. The standard InChI is InChI=1S/C74H102N8O12/c1-41(51-19-21-53-63-55(35-59(87)73(51,53)5)71(3)27-25-49(83)31-45(71)33-57(63)85)17-23-61(89)93-39-47-37-81(77-75-47)67-65(43-13-9-7-10-14-43)79(69(67)91)29-30-80-66(44-15-11-8-12-16-44)68(70(80)92)82-38-48(76-78-82)40-94-62(90)24-18-42(2)52-20-22-54-64-56(36-60(88)74(52,54)6)72(4)28-26-50(84)32-46(72)34-58(64)86/h7-16,37-38,41-42,45-46,49-60,63-68,83-88H,17-36,39-40H2,1-6H3/t41-,42-,45?,46?,49?,50?,51?,52?,53?,54?,55?,56?,57?,58?,59?,60?,63?,64?,65-,66-,67+,68+,71?,72?,73?,74?/m1/s1. The predicted molar refractivity (Wildman–Crippen MR) is 344 cm³/mol. The van der Waals surface area contributed by atoms with E-state index in [0.29, 0.717) is 49.9 Å². The second kappa shape index (κ2) is 25.3. The van der Waals surface area contributed by atoms with E-state index in [1.165, 1.54) is 0 Å². The van der Waals surface area contributed by atoms with Gasteiger partial charge in [0, 0.05) is 25.9 Å². The number of benzene rings is 2. The number of hydrogen-bond acceptors (Lipinski definition) is 16. The number of aliphatic hydroxyl groups is 6. The lowest BCUT2D eigenvalue weighted by Crippen LogP contribution is -2.62. The zero-order chi connectivity index (χ0) is 65.9. The first-order chi connectivity index (χ1) is 45.0. The number of fused-ring (bicyclic) bond motifs is 10. The minimum Gasteiger partial charge on any atom is -0.459 e. The lowest BCUT2D eigenvalue weighted by Gasteiger charge is -2.63. The van der Waals surface area contributed by atoms with Gasteiger partial charge in [-0.3, -0.25) is 19.2 Å². The molecule has 94 heavy (non-hydrogen) atoms. The normalized spacial score (nSPS) is 42.0. The topological polar surface area (TPSA) is 276 Å². The van der Waals surface area contributed by atoms with Gasteiger partial charge in [0.2, 0.25) is 0 Å². The third kappa shape index (κ3) is 11.0.